The molecule has 0 fully saturated rings. The van der Waals surface area contributed by atoms with Gasteiger partial charge in [-0.1, -0.05) is 19.1 Å². The smallest absolute Gasteiger partial charge is 0.337 e. The lowest BCUT2D eigenvalue weighted by Crippen LogP contribution is -2.37. The van der Waals surface area contributed by atoms with Crippen molar-refractivity contribution >= 4 is 17.6 Å². The second kappa shape index (κ2) is 10.6. The molecule has 0 amide bonds. The zero-order valence-electron chi connectivity index (χ0n) is 12.0. The molecule has 0 spiro atoms. The lowest BCUT2D eigenvalue weighted by atomic mass is 10.2. The number of para-hydroxylation sites is 1. The quantitative estimate of drug-likeness (QED) is 0.470. The lowest BCUT2D eigenvalue weighted by molar-refractivity contribution is -0.139. The summed E-state index contributed by atoms with van der Waals surface area (Å²) in [6, 6.07) is 5.77. The zero-order chi connectivity index (χ0) is 16.3. The molecule has 0 bridgehead atoms. The van der Waals surface area contributed by atoms with Gasteiger partial charge >= 0.3 is 11.9 Å². The van der Waals surface area contributed by atoms with Crippen LogP contribution in [-0.4, -0.2) is 46.5 Å². The molecule has 1 rings (SSSR count). The number of aromatic carboxylic acids is 1. The highest BCUT2D eigenvalue weighted by Gasteiger charge is 2.14. The number of hydrogen-bond acceptors (Lipinski definition) is 5. The van der Waals surface area contributed by atoms with Crippen molar-refractivity contribution < 1.29 is 24.9 Å². The molecule has 0 aliphatic rings. The van der Waals surface area contributed by atoms with E-state index in [4.69, 9.17) is 21.1 Å². The van der Waals surface area contributed by atoms with E-state index in [0.717, 1.165) is 6.42 Å². The number of nitrogens with two attached hydrogens (primary N) is 1. The molecule has 21 heavy (non-hydrogen) atoms. The van der Waals surface area contributed by atoms with Gasteiger partial charge in [0.1, 0.15) is 6.04 Å². The summed E-state index contributed by atoms with van der Waals surface area (Å²) in [4.78, 5) is 20.8. The first kappa shape index (κ1) is 18.9. The van der Waals surface area contributed by atoms with Crippen LogP contribution in [0.3, 0.4) is 0 Å². The minimum Gasteiger partial charge on any atom is -0.480 e. The average molecular weight is 298 g/mol. The Labute approximate surface area is 123 Å². The Hall–Kier alpha value is -2.12. The number of carboxylic acids is 2. The van der Waals surface area contributed by atoms with Gasteiger partial charge in [0.05, 0.1) is 5.56 Å². The van der Waals surface area contributed by atoms with Crippen molar-refractivity contribution in [2.75, 3.05) is 18.9 Å². The van der Waals surface area contributed by atoms with Crippen molar-refractivity contribution in [3.8, 4) is 0 Å². The molecular weight excluding hydrogens is 276 g/mol. The van der Waals surface area contributed by atoms with E-state index in [0.29, 0.717) is 12.2 Å². The molecule has 0 saturated heterocycles. The van der Waals surface area contributed by atoms with Crippen LogP contribution in [0, 0.1) is 0 Å². The van der Waals surface area contributed by atoms with Crippen molar-refractivity contribution in [2.24, 2.45) is 0 Å². The van der Waals surface area contributed by atoms with E-state index in [9.17, 15) is 9.59 Å². The molecule has 7 heteroatoms. The number of hydrogen-bond donors (Lipinski definition) is 5. The average Bonchev–Trinajstić information content (AvgIpc) is 2.44. The van der Waals surface area contributed by atoms with E-state index in [1.165, 1.54) is 6.07 Å². The van der Waals surface area contributed by atoms with Crippen molar-refractivity contribution in [2.45, 2.75) is 25.8 Å². The molecular formula is C14H22N2O5. The van der Waals surface area contributed by atoms with Gasteiger partial charge < -0.3 is 26.4 Å². The molecule has 1 aromatic rings. The van der Waals surface area contributed by atoms with Gasteiger partial charge in [-0.3, -0.25) is 4.79 Å². The van der Waals surface area contributed by atoms with Gasteiger partial charge in [-0.2, -0.15) is 0 Å². The molecule has 1 aromatic carbocycles. The number of aliphatic hydroxyl groups excluding tert-OH is 1. The van der Waals surface area contributed by atoms with E-state index >= 15 is 0 Å². The van der Waals surface area contributed by atoms with E-state index in [-0.39, 0.29) is 18.6 Å². The Balaban J connectivity index is 0.000000382. The Morgan fingerprint density at radius 1 is 1.29 bits per heavy atom. The van der Waals surface area contributed by atoms with E-state index in [2.05, 4.69) is 5.32 Å². The Morgan fingerprint density at radius 3 is 2.29 bits per heavy atom. The number of nitrogen functional groups attached to an aromatic ring is 1. The summed E-state index contributed by atoms with van der Waals surface area (Å²) in [7, 11) is 0. The minimum atomic E-state index is -0.988. The summed E-state index contributed by atoms with van der Waals surface area (Å²) >= 11 is 0. The topological polar surface area (TPSA) is 133 Å². The number of rotatable bonds is 7. The maximum Gasteiger partial charge on any atom is 0.337 e. The molecule has 0 radical (unpaired) electrons. The highest BCUT2D eigenvalue weighted by atomic mass is 16.4. The van der Waals surface area contributed by atoms with E-state index in [1.807, 2.05) is 6.92 Å². The van der Waals surface area contributed by atoms with Crippen LogP contribution in [0.1, 0.15) is 30.1 Å². The largest absolute Gasteiger partial charge is 0.480 e. The predicted octanol–water partition coefficient (Wildman–Crippen LogP) is 0.789. The van der Waals surface area contributed by atoms with Crippen LogP contribution >= 0.6 is 0 Å². The third-order valence-corrected chi connectivity index (χ3v) is 2.55. The minimum absolute atomic E-state index is 0.0896. The summed E-state index contributed by atoms with van der Waals surface area (Å²) in [5, 5.41) is 28.3. The van der Waals surface area contributed by atoms with Crippen LogP contribution in [0.4, 0.5) is 5.69 Å². The first-order valence-electron chi connectivity index (χ1n) is 6.58. The van der Waals surface area contributed by atoms with Crippen molar-refractivity contribution in [1.82, 2.24) is 5.32 Å². The normalized spacial score (nSPS) is 11.1. The standard InChI is InChI=1S/C7H15NO3.C7H7NO2/c1-2-4-8-6(3-5-9)7(10)11;8-6-4-2-1-3-5(6)7(9)10/h6,8-9H,2-5H2,1H3,(H,10,11);1-4H,8H2,(H,9,10). The number of aliphatic carboxylic acids is 1. The third kappa shape index (κ3) is 7.91. The second-order valence-electron chi connectivity index (χ2n) is 4.25. The maximum absolute atomic E-state index is 10.4. The first-order valence-corrected chi connectivity index (χ1v) is 6.58. The fourth-order valence-corrected chi connectivity index (χ4v) is 1.45. The van der Waals surface area contributed by atoms with Gasteiger partial charge in [-0.15, -0.1) is 0 Å². The summed E-state index contributed by atoms with van der Waals surface area (Å²) in [5.41, 5.74) is 5.80. The summed E-state index contributed by atoms with van der Waals surface area (Å²) in [5.74, 6) is -1.88. The molecule has 6 N–H and O–H groups in total. The van der Waals surface area contributed by atoms with Gasteiger partial charge in [-0.05, 0) is 31.5 Å². The van der Waals surface area contributed by atoms with Crippen LogP contribution in [-0.2, 0) is 4.79 Å². The van der Waals surface area contributed by atoms with Gasteiger partial charge in [0, 0.05) is 12.3 Å². The summed E-state index contributed by atoms with van der Waals surface area (Å²) < 4.78 is 0. The second-order valence-corrected chi connectivity index (χ2v) is 4.25. The van der Waals surface area contributed by atoms with E-state index < -0.39 is 18.0 Å². The van der Waals surface area contributed by atoms with Gasteiger partial charge in [0.2, 0.25) is 0 Å². The molecule has 0 heterocycles. The van der Waals surface area contributed by atoms with Crippen LogP contribution < -0.4 is 11.1 Å². The molecule has 1 atom stereocenters. The number of carbonyl (C=O) groups is 2. The molecule has 0 aliphatic heterocycles. The summed E-state index contributed by atoms with van der Waals surface area (Å²) in [6.07, 6.45) is 1.17. The number of anilines is 1. The Morgan fingerprint density at radius 2 is 1.90 bits per heavy atom. The van der Waals surface area contributed by atoms with Crippen LogP contribution in [0.15, 0.2) is 24.3 Å². The number of nitrogens with one attached hydrogen (secondary N) is 1. The number of benzene rings is 1. The van der Waals surface area contributed by atoms with Crippen LogP contribution in [0.5, 0.6) is 0 Å². The molecule has 7 nitrogen and oxygen atoms in total. The highest BCUT2D eigenvalue weighted by molar-refractivity contribution is 5.93. The number of aliphatic hydroxyl groups is 1. The maximum atomic E-state index is 10.4. The van der Waals surface area contributed by atoms with Crippen molar-refractivity contribution in [1.29, 1.82) is 0 Å². The predicted molar refractivity (Wildman–Crippen MR) is 79.2 cm³/mol. The molecule has 118 valence electrons. The Kier molecular flexibility index (Phi) is 9.57. The molecule has 1 unspecified atom stereocenters. The van der Waals surface area contributed by atoms with Gasteiger partial charge in [0.25, 0.3) is 0 Å². The molecule has 0 aliphatic carbocycles. The van der Waals surface area contributed by atoms with Crippen molar-refractivity contribution in [3.63, 3.8) is 0 Å². The molecule has 0 saturated carbocycles. The number of carboxylic acid groups (broad SMARTS) is 2. The zero-order valence-corrected chi connectivity index (χ0v) is 12.0. The van der Waals surface area contributed by atoms with Crippen LogP contribution in [0.2, 0.25) is 0 Å². The summed E-state index contributed by atoms with van der Waals surface area (Å²) in [6.45, 7) is 2.55. The fraction of sp³-hybridized carbons (Fsp3) is 0.429. The van der Waals surface area contributed by atoms with Crippen LogP contribution in [0.25, 0.3) is 0 Å². The van der Waals surface area contributed by atoms with E-state index in [1.54, 1.807) is 18.2 Å². The Bertz CT molecular complexity index is 451. The highest BCUT2D eigenvalue weighted by Crippen LogP contribution is 2.09. The van der Waals surface area contributed by atoms with Gasteiger partial charge in [-0.25, -0.2) is 4.79 Å². The van der Waals surface area contributed by atoms with Crippen molar-refractivity contribution in [3.05, 3.63) is 29.8 Å². The lowest BCUT2D eigenvalue weighted by Gasteiger charge is -2.11. The fourth-order valence-electron chi connectivity index (χ4n) is 1.45. The molecule has 0 aromatic heterocycles. The third-order valence-electron chi connectivity index (χ3n) is 2.55. The SMILES string of the molecule is CCCNC(CCO)C(=O)O.Nc1ccccc1C(=O)O. The monoisotopic (exact) mass is 298 g/mol. The van der Waals surface area contributed by atoms with Gasteiger partial charge in [0.15, 0.2) is 0 Å². The first-order chi connectivity index (χ1) is 9.93.